The molecule has 0 bridgehead atoms. The van der Waals surface area contributed by atoms with E-state index in [1.54, 1.807) is 12.3 Å². The van der Waals surface area contributed by atoms with Crippen molar-refractivity contribution >= 4 is 32.4 Å². The molecule has 0 aliphatic carbocycles. The van der Waals surface area contributed by atoms with Crippen molar-refractivity contribution in [2.24, 2.45) is 0 Å². The SMILES string of the molecule is [Li+].[O-]c1ccc(-c2c3ccccc3cc3cc(-c4cc(-c5ccccc5)nc(-c5ccccc5)n4)ccc23)c2ccc[nH+]c12. The van der Waals surface area contributed by atoms with Crippen molar-refractivity contribution in [3.63, 3.8) is 0 Å². The number of nitrogens with zero attached hydrogens (tertiary/aromatic N) is 2. The fraction of sp³-hybridized carbons (Fsp3) is 0. The van der Waals surface area contributed by atoms with E-state index in [4.69, 9.17) is 9.97 Å². The zero-order chi connectivity index (χ0) is 28.8. The Labute approximate surface area is 266 Å². The van der Waals surface area contributed by atoms with Crippen molar-refractivity contribution < 1.29 is 29.0 Å². The molecule has 0 unspecified atom stereocenters. The Balaban J connectivity index is 0.00000312. The van der Waals surface area contributed by atoms with E-state index in [0.29, 0.717) is 11.3 Å². The van der Waals surface area contributed by atoms with Gasteiger partial charge in [-0.05, 0) is 62.7 Å². The Morgan fingerprint density at radius 1 is 0.500 bits per heavy atom. The van der Waals surface area contributed by atoms with Gasteiger partial charge in [-0.25, -0.2) is 15.0 Å². The van der Waals surface area contributed by atoms with Crippen molar-refractivity contribution in [2.75, 3.05) is 0 Å². The summed E-state index contributed by atoms with van der Waals surface area (Å²) in [7, 11) is 0. The van der Waals surface area contributed by atoms with E-state index in [2.05, 4.69) is 71.7 Å². The quantitative estimate of drug-likeness (QED) is 0.212. The number of rotatable bonds is 4. The minimum atomic E-state index is -0.0154. The molecule has 2 heterocycles. The molecule has 0 aliphatic rings. The van der Waals surface area contributed by atoms with Crippen molar-refractivity contribution in [3.05, 3.63) is 146 Å². The molecular formula is C39H25LiN3O+. The summed E-state index contributed by atoms with van der Waals surface area (Å²) in [6.45, 7) is 0. The molecule has 0 radical (unpaired) electrons. The zero-order valence-corrected chi connectivity index (χ0v) is 24.2. The maximum atomic E-state index is 12.7. The molecule has 0 saturated heterocycles. The van der Waals surface area contributed by atoms with Gasteiger partial charge < -0.3 is 5.11 Å². The molecule has 0 saturated carbocycles. The maximum Gasteiger partial charge on any atom is 1.00 e. The van der Waals surface area contributed by atoms with E-state index < -0.39 is 0 Å². The predicted octanol–water partition coefficient (Wildman–Crippen LogP) is 5.50. The van der Waals surface area contributed by atoms with Crippen LogP contribution < -0.4 is 29.0 Å². The first kappa shape index (κ1) is 27.6. The number of aromatic amines is 1. The number of aromatic nitrogens is 3. The van der Waals surface area contributed by atoms with Gasteiger partial charge in [0.2, 0.25) is 5.52 Å². The normalized spacial score (nSPS) is 11.1. The van der Waals surface area contributed by atoms with Crippen LogP contribution in [0.5, 0.6) is 5.75 Å². The minimum absolute atomic E-state index is 0. The fourth-order valence-electron chi connectivity index (χ4n) is 6.01. The first-order valence-electron chi connectivity index (χ1n) is 14.3. The van der Waals surface area contributed by atoms with E-state index >= 15 is 0 Å². The van der Waals surface area contributed by atoms with Crippen LogP contribution in [0.15, 0.2) is 146 Å². The van der Waals surface area contributed by atoms with Crippen LogP contribution >= 0.6 is 0 Å². The molecular weight excluding hydrogens is 533 g/mol. The summed E-state index contributed by atoms with van der Waals surface area (Å²) >= 11 is 0. The number of H-pyrrole nitrogens is 1. The molecule has 6 aromatic carbocycles. The summed E-state index contributed by atoms with van der Waals surface area (Å²) < 4.78 is 0. The van der Waals surface area contributed by atoms with Gasteiger partial charge in [0.1, 0.15) is 0 Å². The molecule has 2 aromatic heterocycles. The van der Waals surface area contributed by atoms with Gasteiger partial charge in [0.15, 0.2) is 12.0 Å². The summed E-state index contributed by atoms with van der Waals surface area (Å²) in [5, 5.41) is 18.1. The molecule has 1 N–H and O–H groups in total. The Morgan fingerprint density at radius 3 is 1.95 bits per heavy atom. The van der Waals surface area contributed by atoms with Gasteiger partial charge >= 0.3 is 18.9 Å². The molecule has 4 nitrogen and oxygen atoms in total. The standard InChI is InChI=1S/C39H25N3O.Li/c43-36-20-19-32(33-16-9-21-40-38(33)36)37-30-15-8-7-14-27(30)22-29-23-28(17-18-31(29)37)35-24-34(25-10-3-1-4-11-25)41-39(42-35)26-12-5-2-6-13-26;/h1-24,43H;/q;+1. The van der Waals surface area contributed by atoms with Crippen LogP contribution in [0.2, 0.25) is 0 Å². The topological polar surface area (TPSA) is 63.0 Å². The molecule has 0 atom stereocenters. The van der Waals surface area contributed by atoms with Crippen LogP contribution in [0.25, 0.3) is 77.5 Å². The van der Waals surface area contributed by atoms with Crippen LogP contribution in [0.3, 0.4) is 0 Å². The molecule has 0 amide bonds. The Kier molecular flexibility index (Phi) is 7.16. The largest absolute Gasteiger partial charge is 1.00 e. The summed E-state index contributed by atoms with van der Waals surface area (Å²) in [6.07, 6.45) is 1.80. The second kappa shape index (κ2) is 11.4. The van der Waals surface area contributed by atoms with Gasteiger partial charge in [-0.2, -0.15) is 0 Å². The van der Waals surface area contributed by atoms with Crippen LogP contribution in [0.1, 0.15) is 0 Å². The fourth-order valence-corrected chi connectivity index (χ4v) is 6.01. The second-order valence-electron chi connectivity index (χ2n) is 10.7. The molecule has 44 heavy (non-hydrogen) atoms. The van der Waals surface area contributed by atoms with Crippen molar-refractivity contribution in [1.82, 2.24) is 9.97 Å². The first-order valence-corrected chi connectivity index (χ1v) is 14.3. The van der Waals surface area contributed by atoms with Gasteiger partial charge in [-0.3, -0.25) is 0 Å². The summed E-state index contributed by atoms with van der Waals surface area (Å²) in [4.78, 5) is 13.2. The minimum Gasteiger partial charge on any atom is -0.868 e. The Hall–Kier alpha value is -5.27. The number of pyridine rings is 1. The third kappa shape index (κ3) is 4.81. The van der Waals surface area contributed by atoms with Gasteiger partial charge in [0, 0.05) is 22.8 Å². The third-order valence-corrected chi connectivity index (χ3v) is 8.05. The molecule has 8 rings (SSSR count). The monoisotopic (exact) mass is 558 g/mol. The van der Waals surface area contributed by atoms with Gasteiger partial charge in [-0.15, -0.1) is 0 Å². The van der Waals surface area contributed by atoms with Crippen molar-refractivity contribution in [3.8, 4) is 50.8 Å². The third-order valence-electron chi connectivity index (χ3n) is 8.05. The summed E-state index contributed by atoms with van der Waals surface area (Å²) in [6, 6.07) is 47.2. The summed E-state index contributed by atoms with van der Waals surface area (Å²) in [5.41, 5.74) is 7.52. The van der Waals surface area contributed by atoms with Crippen molar-refractivity contribution in [2.45, 2.75) is 0 Å². The Morgan fingerprint density at radius 2 is 1.16 bits per heavy atom. The second-order valence-corrected chi connectivity index (χ2v) is 10.7. The van der Waals surface area contributed by atoms with E-state index in [1.165, 1.54) is 0 Å². The molecule has 202 valence electrons. The predicted molar refractivity (Wildman–Crippen MR) is 172 cm³/mol. The number of fused-ring (bicyclic) bond motifs is 3. The first-order chi connectivity index (χ1) is 21.2. The van der Waals surface area contributed by atoms with Crippen molar-refractivity contribution in [1.29, 1.82) is 0 Å². The smallest absolute Gasteiger partial charge is 0.868 e. The van der Waals surface area contributed by atoms with Gasteiger partial charge in [0.05, 0.1) is 16.8 Å². The molecule has 8 aromatic rings. The summed E-state index contributed by atoms with van der Waals surface area (Å²) in [5.74, 6) is 0.676. The average Bonchev–Trinajstić information content (AvgIpc) is 3.08. The van der Waals surface area contributed by atoms with E-state index in [9.17, 15) is 5.11 Å². The zero-order valence-electron chi connectivity index (χ0n) is 24.2. The van der Waals surface area contributed by atoms with Crippen LogP contribution in [-0.4, -0.2) is 9.97 Å². The van der Waals surface area contributed by atoms with Gasteiger partial charge in [-0.1, -0.05) is 109 Å². The van der Waals surface area contributed by atoms with Crippen LogP contribution in [0.4, 0.5) is 0 Å². The number of hydrogen-bond acceptors (Lipinski definition) is 3. The van der Waals surface area contributed by atoms with E-state index in [-0.39, 0.29) is 24.6 Å². The maximum absolute atomic E-state index is 12.7. The van der Waals surface area contributed by atoms with E-state index in [0.717, 1.165) is 66.1 Å². The molecule has 5 heteroatoms. The number of nitrogens with one attached hydrogen (secondary N) is 1. The van der Waals surface area contributed by atoms with Gasteiger partial charge in [0.25, 0.3) is 0 Å². The van der Waals surface area contributed by atoms with Crippen LogP contribution in [0, 0.1) is 0 Å². The van der Waals surface area contributed by atoms with E-state index in [1.807, 2.05) is 66.7 Å². The molecule has 0 aliphatic heterocycles. The Bertz CT molecular complexity index is 2250. The van der Waals surface area contributed by atoms with Crippen LogP contribution in [-0.2, 0) is 0 Å². The number of hydrogen-bond donors (Lipinski definition) is 0. The molecule has 0 fully saturated rings. The number of benzene rings is 6. The molecule has 0 spiro atoms. The average molecular weight is 559 g/mol.